The highest BCUT2D eigenvalue weighted by molar-refractivity contribution is 5.88. The van der Waals surface area contributed by atoms with Gasteiger partial charge in [-0.05, 0) is 26.2 Å². The minimum atomic E-state index is -2.88. The molecule has 3 aromatic rings. The van der Waals surface area contributed by atoms with Gasteiger partial charge in [-0.25, -0.2) is 23.1 Å². The van der Waals surface area contributed by atoms with Gasteiger partial charge in [0.1, 0.15) is 17.5 Å². The molecule has 2 heterocycles. The van der Waals surface area contributed by atoms with Crippen LogP contribution in [-0.4, -0.2) is 14.5 Å². The maximum Gasteiger partial charge on any atom is 0.266 e. The molecule has 0 radical (unpaired) electrons. The van der Waals surface area contributed by atoms with Crippen LogP contribution in [0.1, 0.15) is 49.6 Å². The van der Waals surface area contributed by atoms with Gasteiger partial charge in [-0.15, -0.1) is 0 Å². The van der Waals surface area contributed by atoms with E-state index in [9.17, 15) is 18.0 Å². The average Bonchev–Trinajstić information content (AvgIpc) is 3.47. The lowest BCUT2D eigenvalue weighted by atomic mass is 10.1. The second-order valence-corrected chi connectivity index (χ2v) is 7.45. The third kappa shape index (κ3) is 3.47. The molecule has 1 fully saturated rings. The van der Waals surface area contributed by atoms with E-state index in [-0.39, 0.29) is 23.2 Å². The first-order valence-electron chi connectivity index (χ1n) is 9.55. The van der Waals surface area contributed by atoms with Crippen molar-refractivity contribution in [2.24, 2.45) is 0 Å². The number of aromatic nitrogens is 3. The van der Waals surface area contributed by atoms with Gasteiger partial charge in [-0.2, -0.15) is 0 Å². The summed E-state index contributed by atoms with van der Waals surface area (Å²) in [6, 6.07) is 5.42. The summed E-state index contributed by atoms with van der Waals surface area (Å²) < 4.78 is 42.0. The molecule has 1 aliphatic rings. The van der Waals surface area contributed by atoms with E-state index in [1.54, 1.807) is 17.7 Å². The Kier molecular flexibility index (Phi) is 4.80. The molecule has 29 heavy (non-hydrogen) atoms. The molecular weight excluding hydrogens is 381 g/mol. The molecule has 1 aliphatic carbocycles. The number of alkyl halides is 2. The number of halogens is 3. The summed E-state index contributed by atoms with van der Waals surface area (Å²) in [5.41, 5.74) is -0.287. The number of benzene rings is 1. The van der Waals surface area contributed by atoms with Crippen molar-refractivity contribution in [2.45, 2.75) is 51.6 Å². The first kappa shape index (κ1) is 19.4. The highest BCUT2D eigenvalue weighted by Gasteiger charge is 2.43. The van der Waals surface area contributed by atoms with Crippen LogP contribution < -0.4 is 10.9 Å². The third-order valence-electron chi connectivity index (χ3n) is 5.63. The number of rotatable bonds is 6. The van der Waals surface area contributed by atoms with Crippen LogP contribution in [0.4, 0.5) is 19.0 Å². The molecule has 0 amide bonds. The fourth-order valence-corrected chi connectivity index (χ4v) is 3.72. The minimum absolute atomic E-state index is 0.0179. The second-order valence-electron chi connectivity index (χ2n) is 7.45. The fraction of sp³-hybridized carbons (Fsp3) is 0.381. The Labute approximate surface area is 165 Å². The van der Waals surface area contributed by atoms with Crippen molar-refractivity contribution >= 4 is 16.7 Å². The Hall–Kier alpha value is -2.90. The predicted octanol–water partition coefficient (Wildman–Crippen LogP) is 4.69. The summed E-state index contributed by atoms with van der Waals surface area (Å²) in [5.74, 6) is -0.0320. The first-order valence-corrected chi connectivity index (χ1v) is 9.55. The summed E-state index contributed by atoms with van der Waals surface area (Å²) in [7, 11) is 0. The first-order chi connectivity index (χ1) is 13.8. The molecule has 0 spiro atoms. The fourth-order valence-electron chi connectivity index (χ4n) is 3.72. The lowest BCUT2D eigenvalue weighted by Gasteiger charge is -2.18. The van der Waals surface area contributed by atoms with E-state index in [0.717, 1.165) is 25.3 Å². The van der Waals surface area contributed by atoms with Gasteiger partial charge in [0.05, 0.1) is 16.5 Å². The molecule has 152 valence electrons. The van der Waals surface area contributed by atoms with Crippen LogP contribution in [0.15, 0.2) is 35.3 Å². The van der Waals surface area contributed by atoms with Gasteiger partial charge in [0.2, 0.25) is 0 Å². The SMILES string of the molecule is CCC1(n2cc3c(NCc4cccc(C(F)F)c4F)nc(C)nc3cc2=O)CC1. The smallest absolute Gasteiger partial charge is 0.266 e. The number of nitrogens with zero attached hydrogens (tertiary/aromatic N) is 3. The quantitative estimate of drug-likeness (QED) is 0.650. The number of hydrogen-bond acceptors (Lipinski definition) is 4. The van der Waals surface area contributed by atoms with Crippen molar-refractivity contribution < 1.29 is 13.2 Å². The number of hydrogen-bond donors (Lipinski definition) is 1. The summed E-state index contributed by atoms with van der Waals surface area (Å²) in [4.78, 5) is 21.3. The molecule has 1 saturated carbocycles. The van der Waals surface area contributed by atoms with Crippen molar-refractivity contribution in [3.63, 3.8) is 0 Å². The van der Waals surface area contributed by atoms with Crippen molar-refractivity contribution in [2.75, 3.05) is 5.32 Å². The Morgan fingerprint density at radius 1 is 1.28 bits per heavy atom. The second kappa shape index (κ2) is 7.17. The summed E-state index contributed by atoms with van der Waals surface area (Å²) in [6.07, 6.45) is 1.60. The maximum absolute atomic E-state index is 14.3. The molecule has 1 aromatic carbocycles. The van der Waals surface area contributed by atoms with Crippen LogP contribution in [0, 0.1) is 12.7 Å². The largest absolute Gasteiger partial charge is 0.365 e. The molecule has 0 bridgehead atoms. The Balaban J connectivity index is 1.73. The van der Waals surface area contributed by atoms with Gasteiger partial charge < -0.3 is 9.88 Å². The van der Waals surface area contributed by atoms with Crippen molar-refractivity contribution in [3.8, 4) is 0 Å². The Morgan fingerprint density at radius 3 is 2.69 bits per heavy atom. The summed E-state index contributed by atoms with van der Waals surface area (Å²) in [5, 5.41) is 3.68. The standard InChI is InChI=1S/C21H21F3N4O/c1-3-21(7-8-21)28-11-15-16(9-17(28)29)26-12(2)27-20(15)25-10-13-5-4-6-14(18(13)22)19(23)24/h4-6,9,11,19H,3,7-8,10H2,1-2H3,(H,25,26,27). The summed E-state index contributed by atoms with van der Waals surface area (Å²) in [6.45, 7) is 3.73. The van der Waals surface area contributed by atoms with Crippen LogP contribution in [0.5, 0.6) is 0 Å². The zero-order valence-electron chi connectivity index (χ0n) is 16.2. The summed E-state index contributed by atoms with van der Waals surface area (Å²) >= 11 is 0. The Bertz CT molecular complexity index is 1140. The lowest BCUT2D eigenvalue weighted by Crippen LogP contribution is -2.29. The van der Waals surface area contributed by atoms with Gasteiger partial charge in [0.25, 0.3) is 12.0 Å². The lowest BCUT2D eigenvalue weighted by molar-refractivity contribution is 0.146. The molecule has 4 rings (SSSR count). The molecule has 2 aromatic heterocycles. The average molecular weight is 402 g/mol. The van der Waals surface area contributed by atoms with E-state index in [1.165, 1.54) is 18.2 Å². The highest BCUT2D eigenvalue weighted by Crippen LogP contribution is 2.45. The van der Waals surface area contributed by atoms with E-state index < -0.39 is 17.8 Å². The number of fused-ring (bicyclic) bond motifs is 1. The third-order valence-corrected chi connectivity index (χ3v) is 5.63. The molecule has 0 aliphatic heterocycles. The molecule has 0 saturated heterocycles. The molecule has 5 nitrogen and oxygen atoms in total. The van der Waals surface area contributed by atoms with Crippen molar-refractivity contribution in [3.05, 3.63) is 63.6 Å². The molecular formula is C21H21F3N4O. The van der Waals surface area contributed by atoms with E-state index in [4.69, 9.17) is 0 Å². The normalized spacial score (nSPS) is 15.1. The Morgan fingerprint density at radius 2 is 2.03 bits per heavy atom. The van der Waals surface area contributed by atoms with E-state index >= 15 is 0 Å². The van der Waals surface area contributed by atoms with Gasteiger partial charge in [0.15, 0.2) is 0 Å². The highest BCUT2D eigenvalue weighted by atomic mass is 19.3. The number of aryl methyl sites for hydroxylation is 1. The van der Waals surface area contributed by atoms with Gasteiger partial charge >= 0.3 is 0 Å². The van der Waals surface area contributed by atoms with Crippen LogP contribution in [0.3, 0.4) is 0 Å². The molecule has 0 atom stereocenters. The van der Waals surface area contributed by atoms with Crippen molar-refractivity contribution in [1.29, 1.82) is 0 Å². The number of pyridine rings is 1. The molecule has 0 unspecified atom stereocenters. The topological polar surface area (TPSA) is 59.8 Å². The minimum Gasteiger partial charge on any atom is -0.365 e. The number of anilines is 1. The van der Waals surface area contributed by atoms with Gasteiger partial charge in [-0.1, -0.05) is 25.1 Å². The van der Waals surface area contributed by atoms with Crippen molar-refractivity contribution in [1.82, 2.24) is 14.5 Å². The van der Waals surface area contributed by atoms with Crippen LogP contribution >= 0.6 is 0 Å². The van der Waals surface area contributed by atoms with E-state index in [1.807, 2.05) is 6.92 Å². The van der Waals surface area contributed by atoms with Crippen LogP contribution in [0.2, 0.25) is 0 Å². The zero-order valence-corrected chi connectivity index (χ0v) is 16.2. The van der Waals surface area contributed by atoms with Crippen LogP contribution in [0.25, 0.3) is 10.9 Å². The van der Waals surface area contributed by atoms with Gasteiger partial charge in [-0.3, -0.25) is 4.79 Å². The molecule has 1 N–H and O–H groups in total. The number of nitrogens with one attached hydrogen (secondary N) is 1. The molecule has 8 heteroatoms. The monoisotopic (exact) mass is 402 g/mol. The maximum atomic E-state index is 14.3. The predicted molar refractivity (Wildman–Crippen MR) is 105 cm³/mol. The van der Waals surface area contributed by atoms with E-state index in [2.05, 4.69) is 15.3 Å². The van der Waals surface area contributed by atoms with E-state index in [0.29, 0.717) is 22.5 Å². The zero-order chi connectivity index (χ0) is 20.8. The van der Waals surface area contributed by atoms with Crippen LogP contribution in [-0.2, 0) is 12.1 Å². The van der Waals surface area contributed by atoms with Gasteiger partial charge in [0, 0.05) is 29.9 Å².